The first-order chi connectivity index (χ1) is 6.66. The Kier molecular flexibility index (Phi) is 3.89. The van der Waals surface area contributed by atoms with Crippen LogP contribution in [0, 0.1) is 0 Å². The summed E-state index contributed by atoms with van der Waals surface area (Å²) in [7, 11) is 3.46. The summed E-state index contributed by atoms with van der Waals surface area (Å²) in [4.78, 5) is 13.8. The summed E-state index contributed by atoms with van der Waals surface area (Å²) in [5, 5.41) is 3.23. The van der Waals surface area contributed by atoms with E-state index in [2.05, 4.69) is 5.32 Å². The van der Waals surface area contributed by atoms with Gasteiger partial charge in [0.2, 0.25) is 0 Å². The number of likely N-dealkylation sites (N-methyl/N-ethyl adjacent to an activating group) is 1. The first-order valence-corrected chi connectivity index (χ1v) is 5.17. The van der Waals surface area contributed by atoms with E-state index in [9.17, 15) is 4.79 Å². The molecular weight excluding hydrogens is 180 g/mol. The zero-order valence-corrected chi connectivity index (χ0v) is 9.30. The number of carbonyl (C=O) groups is 1. The molecule has 1 saturated heterocycles. The molecule has 4 heteroatoms. The Labute approximate surface area is 85.6 Å². The Morgan fingerprint density at radius 1 is 1.50 bits per heavy atom. The van der Waals surface area contributed by atoms with Crippen molar-refractivity contribution in [3.05, 3.63) is 0 Å². The fourth-order valence-corrected chi connectivity index (χ4v) is 1.83. The predicted octanol–water partition coefficient (Wildman–Crippen LogP) is 0.233. The highest BCUT2D eigenvalue weighted by Gasteiger charge is 2.40. The highest BCUT2D eigenvalue weighted by Crippen LogP contribution is 2.24. The minimum absolute atomic E-state index is 0.115. The third-order valence-electron chi connectivity index (χ3n) is 3.01. The van der Waals surface area contributed by atoms with Gasteiger partial charge in [-0.3, -0.25) is 4.79 Å². The van der Waals surface area contributed by atoms with Crippen LogP contribution in [-0.4, -0.2) is 50.2 Å². The van der Waals surface area contributed by atoms with E-state index in [-0.39, 0.29) is 5.91 Å². The van der Waals surface area contributed by atoms with Gasteiger partial charge in [0.1, 0.15) is 5.60 Å². The minimum atomic E-state index is -0.573. The normalized spacial score (nSPS) is 20.5. The standard InChI is InChI=1S/C10H20N2O2/c1-4-12(2)9(13)10(14-3)5-7-11-8-6-10/h11H,4-8H2,1-3H3. The lowest BCUT2D eigenvalue weighted by Gasteiger charge is -2.37. The summed E-state index contributed by atoms with van der Waals surface area (Å²) in [6.07, 6.45) is 1.54. The van der Waals surface area contributed by atoms with Crippen LogP contribution in [-0.2, 0) is 9.53 Å². The highest BCUT2D eigenvalue weighted by molar-refractivity contribution is 5.85. The van der Waals surface area contributed by atoms with Crippen molar-refractivity contribution in [1.82, 2.24) is 10.2 Å². The first kappa shape index (κ1) is 11.5. The van der Waals surface area contributed by atoms with Crippen molar-refractivity contribution in [2.45, 2.75) is 25.4 Å². The number of nitrogens with one attached hydrogen (secondary N) is 1. The van der Waals surface area contributed by atoms with E-state index < -0.39 is 5.60 Å². The Morgan fingerprint density at radius 3 is 2.50 bits per heavy atom. The van der Waals surface area contributed by atoms with Crippen molar-refractivity contribution in [3.8, 4) is 0 Å². The molecule has 1 amide bonds. The second-order valence-corrected chi connectivity index (χ2v) is 3.77. The van der Waals surface area contributed by atoms with Crippen molar-refractivity contribution < 1.29 is 9.53 Å². The third kappa shape index (κ3) is 2.07. The monoisotopic (exact) mass is 200 g/mol. The third-order valence-corrected chi connectivity index (χ3v) is 3.01. The van der Waals surface area contributed by atoms with Crippen LogP contribution < -0.4 is 5.32 Å². The number of rotatable bonds is 3. The smallest absolute Gasteiger partial charge is 0.254 e. The topological polar surface area (TPSA) is 41.6 Å². The lowest BCUT2D eigenvalue weighted by atomic mass is 9.90. The maximum absolute atomic E-state index is 12.1. The van der Waals surface area contributed by atoms with Gasteiger partial charge in [-0.05, 0) is 32.9 Å². The molecule has 0 unspecified atom stereocenters. The highest BCUT2D eigenvalue weighted by atomic mass is 16.5. The SMILES string of the molecule is CCN(C)C(=O)C1(OC)CCNCC1. The van der Waals surface area contributed by atoms with Crippen molar-refractivity contribution in [2.75, 3.05) is 33.8 Å². The van der Waals surface area contributed by atoms with Gasteiger partial charge in [-0.1, -0.05) is 0 Å². The summed E-state index contributed by atoms with van der Waals surface area (Å²) >= 11 is 0. The lowest BCUT2D eigenvalue weighted by molar-refractivity contribution is -0.156. The molecule has 1 rings (SSSR count). The second kappa shape index (κ2) is 4.75. The van der Waals surface area contributed by atoms with Crippen molar-refractivity contribution in [1.29, 1.82) is 0 Å². The number of hydrogen-bond acceptors (Lipinski definition) is 3. The number of ether oxygens (including phenoxy) is 1. The number of nitrogens with zero attached hydrogens (tertiary/aromatic N) is 1. The number of carbonyl (C=O) groups excluding carboxylic acids is 1. The molecule has 0 aromatic rings. The molecule has 82 valence electrons. The molecule has 1 heterocycles. The molecule has 0 bridgehead atoms. The number of hydrogen-bond donors (Lipinski definition) is 1. The molecule has 14 heavy (non-hydrogen) atoms. The molecule has 1 aliphatic rings. The van der Waals surface area contributed by atoms with Crippen LogP contribution in [0.3, 0.4) is 0 Å². The number of methoxy groups -OCH3 is 1. The van der Waals surface area contributed by atoms with E-state index in [4.69, 9.17) is 4.74 Å². The summed E-state index contributed by atoms with van der Waals surface area (Å²) in [5.74, 6) is 0.115. The molecule has 0 radical (unpaired) electrons. The van der Waals surface area contributed by atoms with Gasteiger partial charge in [0, 0.05) is 20.7 Å². The molecule has 1 fully saturated rings. The molecule has 0 aromatic heterocycles. The second-order valence-electron chi connectivity index (χ2n) is 3.77. The minimum Gasteiger partial charge on any atom is -0.368 e. The van der Waals surface area contributed by atoms with E-state index in [1.165, 1.54) is 0 Å². The predicted molar refractivity (Wildman–Crippen MR) is 55.2 cm³/mol. The zero-order valence-electron chi connectivity index (χ0n) is 9.30. The molecule has 1 aliphatic heterocycles. The van der Waals surface area contributed by atoms with Gasteiger partial charge in [-0.25, -0.2) is 0 Å². The maximum Gasteiger partial charge on any atom is 0.254 e. The summed E-state index contributed by atoms with van der Waals surface area (Å²) in [6.45, 7) is 4.42. The average molecular weight is 200 g/mol. The molecule has 0 spiro atoms. The Morgan fingerprint density at radius 2 is 2.07 bits per heavy atom. The van der Waals surface area contributed by atoms with Crippen LogP contribution in [0.2, 0.25) is 0 Å². The summed E-state index contributed by atoms with van der Waals surface area (Å²) in [5.41, 5.74) is -0.573. The van der Waals surface area contributed by atoms with Crippen LogP contribution in [0.15, 0.2) is 0 Å². The molecule has 0 saturated carbocycles. The van der Waals surface area contributed by atoms with Crippen LogP contribution in [0.25, 0.3) is 0 Å². The number of piperidine rings is 1. The Balaban J connectivity index is 2.72. The van der Waals surface area contributed by atoms with E-state index >= 15 is 0 Å². The quantitative estimate of drug-likeness (QED) is 0.709. The van der Waals surface area contributed by atoms with Crippen LogP contribution in [0.1, 0.15) is 19.8 Å². The lowest BCUT2D eigenvalue weighted by Crippen LogP contribution is -2.54. The van der Waals surface area contributed by atoms with Crippen molar-refractivity contribution in [2.24, 2.45) is 0 Å². The van der Waals surface area contributed by atoms with Crippen LogP contribution in [0.5, 0.6) is 0 Å². The molecule has 0 aliphatic carbocycles. The average Bonchev–Trinajstić information content (AvgIpc) is 2.28. The van der Waals surface area contributed by atoms with Gasteiger partial charge in [0.15, 0.2) is 0 Å². The van der Waals surface area contributed by atoms with Gasteiger partial charge in [0.25, 0.3) is 5.91 Å². The Hall–Kier alpha value is -0.610. The molecule has 0 atom stereocenters. The van der Waals surface area contributed by atoms with Gasteiger partial charge in [0.05, 0.1) is 0 Å². The zero-order chi connectivity index (χ0) is 10.6. The van der Waals surface area contributed by atoms with Gasteiger partial charge < -0.3 is 15.0 Å². The summed E-state index contributed by atoms with van der Waals surface area (Å²) < 4.78 is 5.43. The van der Waals surface area contributed by atoms with E-state index in [1.54, 1.807) is 12.0 Å². The van der Waals surface area contributed by atoms with Gasteiger partial charge in [-0.2, -0.15) is 0 Å². The van der Waals surface area contributed by atoms with E-state index in [0.29, 0.717) is 0 Å². The van der Waals surface area contributed by atoms with Crippen LogP contribution >= 0.6 is 0 Å². The van der Waals surface area contributed by atoms with Gasteiger partial charge in [-0.15, -0.1) is 0 Å². The van der Waals surface area contributed by atoms with E-state index in [1.807, 2.05) is 14.0 Å². The van der Waals surface area contributed by atoms with Gasteiger partial charge >= 0.3 is 0 Å². The van der Waals surface area contributed by atoms with Crippen LogP contribution in [0.4, 0.5) is 0 Å². The molecular formula is C10H20N2O2. The fraction of sp³-hybridized carbons (Fsp3) is 0.900. The largest absolute Gasteiger partial charge is 0.368 e. The van der Waals surface area contributed by atoms with Crippen molar-refractivity contribution >= 4 is 5.91 Å². The Bertz CT molecular complexity index is 200. The maximum atomic E-state index is 12.1. The molecule has 1 N–H and O–H groups in total. The molecule has 0 aromatic carbocycles. The first-order valence-electron chi connectivity index (χ1n) is 5.17. The number of amides is 1. The van der Waals surface area contributed by atoms with E-state index in [0.717, 1.165) is 32.5 Å². The fourth-order valence-electron chi connectivity index (χ4n) is 1.83. The van der Waals surface area contributed by atoms with Crippen molar-refractivity contribution in [3.63, 3.8) is 0 Å². The summed E-state index contributed by atoms with van der Waals surface area (Å²) in [6, 6.07) is 0. The molecule has 4 nitrogen and oxygen atoms in total.